The molecule has 0 aliphatic heterocycles. The second-order valence-electron chi connectivity index (χ2n) is 5.53. The second-order valence-corrected chi connectivity index (χ2v) is 7.78. The van der Waals surface area contributed by atoms with Gasteiger partial charge in [-0.2, -0.15) is 0 Å². The number of hydrogen-bond acceptors (Lipinski definition) is 5. The highest BCUT2D eigenvalue weighted by Gasteiger charge is 2.19. The van der Waals surface area contributed by atoms with E-state index in [0.717, 1.165) is 0 Å². The fourth-order valence-electron chi connectivity index (χ4n) is 2.39. The lowest BCUT2D eigenvalue weighted by Crippen LogP contribution is -2.06. The Kier molecular flexibility index (Phi) is 5.14. The third-order valence-electron chi connectivity index (χ3n) is 3.82. The Hall–Kier alpha value is -2.99. The van der Waals surface area contributed by atoms with E-state index < -0.39 is 9.84 Å². The molecule has 0 aliphatic carbocycles. The predicted octanol–water partition coefficient (Wildman–Crippen LogP) is 3.90. The molecule has 0 fully saturated rings. The lowest BCUT2D eigenvalue weighted by molar-refractivity contribution is 0.103. The first kappa shape index (κ1) is 17.8. The Bertz CT molecular complexity index is 1010. The van der Waals surface area contributed by atoms with Crippen LogP contribution >= 0.6 is 0 Å². The molecule has 0 aliphatic rings. The van der Waals surface area contributed by atoms with Crippen LogP contribution in [0.25, 0.3) is 0 Å². The van der Waals surface area contributed by atoms with Crippen LogP contribution in [-0.2, 0) is 9.84 Å². The molecule has 2 aromatic carbocycles. The number of benzene rings is 2. The van der Waals surface area contributed by atoms with Crippen molar-refractivity contribution in [2.45, 2.75) is 11.8 Å². The van der Waals surface area contributed by atoms with Crippen LogP contribution in [0, 0.1) is 0 Å². The number of aromatic nitrogens is 1. The van der Waals surface area contributed by atoms with Gasteiger partial charge >= 0.3 is 0 Å². The van der Waals surface area contributed by atoms with Crippen molar-refractivity contribution in [2.75, 3.05) is 5.75 Å². The van der Waals surface area contributed by atoms with Crippen LogP contribution in [0.1, 0.15) is 22.8 Å². The van der Waals surface area contributed by atoms with Gasteiger partial charge in [-0.15, -0.1) is 0 Å². The molecule has 0 saturated heterocycles. The first-order chi connectivity index (χ1) is 12.5. The first-order valence-corrected chi connectivity index (χ1v) is 9.72. The van der Waals surface area contributed by atoms with Crippen molar-refractivity contribution < 1.29 is 17.9 Å². The molecule has 0 unspecified atom stereocenters. The van der Waals surface area contributed by atoms with Crippen molar-refractivity contribution in [3.8, 4) is 11.6 Å². The molecular weight excluding hydrogens is 350 g/mol. The molecule has 3 rings (SSSR count). The molecule has 0 spiro atoms. The fourth-order valence-corrected chi connectivity index (χ4v) is 3.34. The summed E-state index contributed by atoms with van der Waals surface area (Å²) in [6.07, 6.45) is 1.47. The van der Waals surface area contributed by atoms with Gasteiger partial charge in [0.15, 0.2) is 15.6 Å². The maximum absolute atomic E-state index is 12.4. The van der Waals surface area contributed by atoms with E-state index in [2.05, 4.69) is 4.98 Å². The number of hydrogen-bond donors (Lipinski definition) is 0. The molecule has 3 aromatic rings. The molecule has 5 nitrogen and oxygen atoms in total. The van der Waals surface area contributed by atoms with Crippen molar-refractivity contribution in [2.24, 2.45) is 0 Å². The summed E-state index contributed by atoms with van der Waals surface area (Å²) in [7, 11) is -3.45. The van der Waals surface area contributed by atoms with Crippen molar-refractivity contribution in [1.29, 1.82) is 0 Å². The largest absolute Gasteiger partial charge is 0.438 e. The summed E-state index contributed by atoms with van der Waals surface area (Å²) in [6.45, 7) is 1.57. The van der Waals surface area contributed by atoms with Gasteiger partial charge in [-0.05, 0) is 36.4 Å². The number of carbonyl (C=O) groups excluding carboxylic acids is 1. The topological polar surface area (TPSA) is 73.3 Å². The average Bonchev–Trinajstić information content (AvgIpc) is 2.69. The minimum absolute atomic E-state index is 0.0245. The molecule has 0 amide bonds. The smallest absolute Gasteiger partial charge is 0.238 e. The monoisotopic (exact) mass is 367 g/mol. The molecule has 132 valence electrons. The molecular formula is C20H17NO4S. The van der Waals surface area contributed by atoms with E-state index in [1.807, 2.05) is 18.2 Å². The molecule has 0 saturated carbocycles. The number of rotatable bonds is 6. The Morgan fingerprint density at radius 3 is 2.23 bits per heavy atom. The zero-order valence-corrected chi connectivity index (χ0v) is 14.9. The van der Waals surface area contributed by atoms with Gasteiger partial charge in [0.2, 0.25) is 5.88 Å². The minimum atomic E-state index is -3.45. The minimum Gasteiger partial charge on any atom is -0.438 e. The van der Waals surface area contributed by atoms with Gasteiger partial charge in [0, 0.05) is 17.3 Å². The van der Waals surface area contributed by atoms with E-state index in [1.165, 1.54) is 12.3 Å². The van der Waals surface area contributed by atoms with Gasteiger partial charge < -0.3 is 4.74 Å². The third kappa shape index (κ3) is 3.81. The van der Waals surface area contributed by atoms with E-state index in [9.17, 15) is 13.2 Å². The van der Waals surface area contributed by atoms with Gasteiger partial charge in [-0.3, -0.25) is 4.79 Å². The SMILES string of the molecule is CCS(=O)(=O)c1cccnc1Oc1ccc(C(=O)c2ccccc2)cc1. The molecule has 1 aromatic heterocycles. The van der Waals surface area contributed by atoms with E-state index >= 15 is 0 Å². The summed E-state index contributed by atoms with van der Waals surface area (Å²) >= 11 is 0. The lowest BCUT2D eigenvalue weighted by Gasteiger charge is -2.10. The van der Waals surface area contributed by atoms with Crippen LogP contribution in [0.4, 0.5) is 0 Å². The fraction of sp³-hybridized carbons (Fsp3) is 0.100. The second kappa shape index (κ2) is 7.49. The Morgan fingerprint density at radius 2 is 1.58 bits per heavy atom. The number of nitrogens with zero attached hydrogens (tertiary/aromatic N) is 1. The quantitative estimate of drug-likeness (QED) is 0.618. The summed E-state index contributed by atoms with van der Waals surface area (Å²) < 4.78 is 29.9. The van der Waals surface area contributed by atoms with Crippen molar-refractivity contribution in [3.05, 3.63) is 84.1 Å². The first-order valence-electron chi connectivity index (χ1n) is 8.06. The Balaban J connectivity index is 1.84. The molecule has 6 heteroatoms. The van der Waals surface area contributed by atoms with Gasteiger partial charge in [0.25, 0.3) is 0 Å². The van der Waals surface area contributed by atoms with E-state index in [4.69, 9.17) is 4.74 Å². The van der Waals surface area contributed by atoms with Crippen molar-refractivity contribution >= 4 is 15.6 Å². The number of pyridine rings is 1. The maximum Gasteiger partial charge on any atom is 0.238 e. The van der Waals surface area contributed by atoms with Crippen LogP contribution in [0.3, 0.4) is 0 Å². The Morgan fingerprint density at radius 1 is 0.923 bits per heavy atom. The highest BCUT2D eigenvalue weighted by atomic mass is 32.2. The van der Waals surface area contributed by atoms with E-state index in [-0.39, 0.29) is 22.3 Å². The van der Waals surface area contributed by atoms with Crippen LogP contribution in [0.2, 0.25) is 0 Å². The zero-order valence-electron chi connectivity index (χ0n) is 14.1. The van der Waals surface area contributed by atoms with Crippen molar-refractivity contribution in [3.63, 3.8) is 0 Å². The van der Waals surface area contributed by atoms with Gasteiger partial charge in [0.1, 0.15) is 10.6 Å². The number of ketones is 1. The maximum atomic E-state index is 12.4. The van der Waals surface area contributed by atoms with E-state index in [1.54, 1.807) is 49.4 Å². The summed E-state index contributed by atoms with van der Waals surface area (Å²) in [5.41, 5.74) is 1.12. The molecule has 1 heterocycles. The van der Waals surface area contributed by atoms with Crippen LogP contribution in [0.15, 0.2) is 77.8 Å². The number of sulfone groups is 1. The predicted molar refractivity (Wildman–Crippen MR) is 98.4 cm³/mol. The molecule has 26 heavy (non-hydrogen) atoms. The number of carbonyl (C=O) groups is 1. The number of ether oxygens (including phenoxy) is 1. The summed E-state index contributed by atoms with van der Waals surface area (Å²) in [5.74, 6) is 0.293. The highest BCUT2D eigenvalue weighted by molar-refractivity contribution is 7.91. The summed E-state index contributed by atoms with van der Waals surface area (Å²) in [4.78, 5) is 16.5. The van der Waals surface area contributed by atoms with Gasteiger partial charge in [0.05, 0.1) is 5.75 Å². The highest BCUT2D eigenvalue weighted by Crippen LogP contribution is 2.27. The molecule has 0 radical (unpaired) electrons. The lowest BCUT2D eigenvalue weighted by atomic mass is 10.0. The Labute approximate surface area is 152 Å². The summed E-state index contributed by atoms with van der Waals surface area (Å²) in [5, 5.41) is 0. The van der Waals surface area contributed by atoms with Crippen LogP contribution < -0.4 is 4.74 Å². The van der Waals surface area contributed by atoms with Crippen LogP contribution in [0.5, 0.6) is 11.6 Å². The van der Waals surface area contributed by atoms with Gasteiger partial charge in [-0.25, -0.2) is 13.4 Å². The standard InChI is InChI=1S/C20H17NO4S/c1-2-26(23,24)18-9-6-14-21-20(18)25-17-12-10-16(11-13-17)19(22)15-7-4-3-5-8-15/h3-14H,2H2,1H3. The zero-order chi connectivity index (χ0) is 18.6. The van der Waals surface area contributed by atoms with Gasteiger partial charge in [-0.1, -0.05) is 37.3 Å². The third-order valence-corrected chi connectivity index (χ3v) is 5.56. The molecule has 0 bridgehead atoms. The van der Waals surface area contributed by atoms with Crippen LogP contribution in [-0.4, -0.2) is 24.9 Å². The molecule has 0 atom stereocenters. The normalized spacial score (nSPS) is 11.1. The van der Waals surface area contributed by atoms with E-state index in [0.29, 0.717) is 16.9 Å². The molecule has 0 N–H and O–H groups in total. The summed E-state index contributed by atoms with van der Waals surface area (Å²) in [6, 6.07) is 18.5. The average molecular weight is 367 g/mol. The van der Waals surface area contributed by atoms with Crippen molar-refractivity contribution in [1.82, 2.24) is 4.98 Å².